The number of hydrogen-bond donors (Lipinski definition) is 2. The van der Waals surface area contributed by atoms with Gasteiger partial charge in [-0.25, -0.2) is 0 Å². The summed E-state index contributed by atoms with van der Waals surface area (Å²) < 4.78 is 0. The quantitative estimate of drug-likeness (QED) is 0.500. The average molecular weight is 236 g/mol. The lowest BCUT2D eigenvalue weighted by atomic mass is 9.61. The Bertz CT molecular complexity index is 377. The predicted molar refractivity (Wildman–Crippen MR) is 70.5 cm³/mol. The van der Waals surface area contributed by atoms with E-state index in [1.165, 1.54) is 0 Å². The highest BCUT2D eigenvalue weighted by atomic mass is 16.3. The molecule has 0 radical (unpaired) electrons. The molecule has 2 unspecified atom stereocenters. The molecule has 2 atom stereocenters. The van der Waals surface area contributed by atoms with Gasteiger partial charge in [-0.1, -0.05) is 39.0 Å². The predicted octanol–water partition coefficient (Wildman–Crippen LogP) is 3.42. The van der Waals surface area contributed by atoms with E-state index in [1.807, 2.05) is 0 Å². The van der Waals surface area contributed by atoms with Crippen LogP contribution < -0.4 is 0 Å². The van der Waals surface area contributed by atoms with Crippen molar-refractivity contribution in [3.8, 4) is 11.8 Å². The maximum atomic E-state index is 10.8. The van der Waals surface area contributed by atoms with Crippen molar-refractivity contribution >= 4 is 0 Å². The van der Waals surface area contributed by atoms with Crippen LogP contribution in [0.3, 0.4) is 0 Å². The maximum Gasteiger partial charge on any atom is 0.133 e. The Balaban J connectivity index is 3.10. The SMILES string of the molecule is C/C(O)=C(/C)C#CC1(O)C(C)CCCC1(C)C. The normalized spacial score (nSPS) is 33.4. The Kier molecular flexibility index (Phi) is 3.94. The Morgan fingerprint density at radius 1 is 1.29 bits per heavy atom. The molecule has 2 nitrogen and oxygen atoms in total. The van der Waals surface area contributed by atoms with E-state index in [0.717, 1.165) is 19.3 Å². The van der Waals surface area contributed by atoms with E-state index in [2.05, 4.69) is 32.6 Å². The van der Waals surface area contributed by atoms with Crippen molar-refractivity contribution in [3.63, 3.8) is 0 Å². The molecule has 0 aliphatic heterocycles. The van der Waals surface area contributed by atoms with Gasteiger partial charge in [0.15, 0.2) is 0 Å². The minimum absolute atomic E-state index is 0.172. The summed E-state index contributed by atoms with van der Waals surface area (Å²) in [6.07, 6.45) is 3.14. The molecule has 0 aromatic heterocycles. The molecule has 0 heterocycles. The monoisotopic (exact) mass is 236 g/mol. The van der Waals surface area contributed by atoms with Crippen LogP contribution in [0.1, 0.15) is 53.9 Å². The van der Waals surface area contributed by atoms with Crippen LogP contribution in [0.25, 0.3) is 0 Å². The third-order valence-electron chi connectivity index (χ3n) is 4.17. The average Bonchev–Trinajstić information content (AvgIpc) is 2.22. The molecule has 0 saturated heterocycles. The van der Waals surface area contributed by atoms with E-state index >= 15 is 0 Å². The maximum absolute atomic E-state index is 10.8. The van der Waals surface area contributed by atoms with Crippen LogP contribution in [0, 0.1) is 23.2 Å². The highest BCUT2D eigenvalue weighted by Crippen LogP contribution is 2.46. The molecule has 96 valence electrons. The van der Waals surface area contributed by atoms with Gasteiger partial charge < -0.3 is 10.2 Å². The fraction of sp³-hybridized carbons (Fsp3) is 0.733. The second-order valence-electron chi connectivity index (χ2n) is 5.90. The minimum atomic E-state index is -0.956. The van der Waals surface area contributed by atoms with Crippen LogP contribution in [-0.2, 0) is 0 Å². The number of aliphatic hydroxyl groups is 2. The summed E-state index contributed by atoms with van der Waals surface area (Å²) in [5.41, 5.74) is -0.518. The van der Waals surface area contributed by atoms with Gasteiger partial charge >= 0.3 is 0 Å². The summed E-state index contributed by atoms with van der Waals surface area (Å²) in [5, 5.41) is 20.1. The molecule has 1 aliphatic rings. The topological polar surface area (TPSA) is 40.5 Å². The summed E-state index contributed by atoms with van der Waals surface area (Å²) in [5.74, 6) is 6.31. The number of rotatable bonds is 0. The molecular formula is C15H24O2. The summed E-state index contributed by atoms with van der Waals surface area (Å²) in [6, 6.07) is 0. The van der Waals surface area contributed by atoms with Gasteiger partial charge in [0.05, 0.1) is 0 Å². The number of allylic oxidation sites excluding steroid dienone is 2. The highest BCUT2D eigenvalue weighted by molar-refractivity contribution is 5.33. The molecule has 1 saturated carbocycles. The largest absolute Gasteiger partial charge is 0.512 e. The molecule has 0 amide bonds. The van der Waals surface area contributed by atoms with E-state index in [-0.39, 0.29) is 17.1 Å². The van der Waals surface area contributed by atoms with Gasteiger partial charge in [-0.3, -0.25) is 0 Å². The first-order valence-electron chi connectivity index (χ1n) is 6.33. The fourth-order valence-corrected chi connectivity index (χ4v) is 2.49. The van der Waals surface area contributed by atoms with Gasteiger partial charge in [-0.15, -0.1) is 0 Å². The molecule has 0 spiro atoms. The summed E-state index contributed by atoms with van der Waals surface area (Å²) >= 11 is 0. The first kappa shape index (κ1) is 14.1. The Labute approximate surface area is 105 Å². The summed E-state index contributed by atoms with van der Waals surface area (Å²) in [4.78, 5) is 0. The summed E-state index contributed by atoms with van der Waals surface area (Å²) in [6.45, 7) is 9.58. The lowest BCUT2D eigenvalue weighted by Gasteiger charge is -2.47. The van der Waals surface area contributed by atoms with Crippen molar-refractivity contribution in [2.24, 2.45) is 11.3 Å². The standard InChI is InChI=1S/C15H24O2/c1-11(13(3)16)8-10-15(17)12(2)7-6-9-14(15,4)5/h12,16-17H,6-7,9H2,1-5H3/b13-11+. The van der Waals surface area contributed by atoms with Crippen LogP contribution in [0.4, 0.5) is 0 Å². The zero-order valence-electron chi connectivity index (χ0n) is 11.6. The van der Waals surface area contributed by atoms with Crippen molar-refractivity contribution in [1.82, 2.24) is 0 Å². The fourth-order valence-electron chi connectivity index (χ4n) is 2.49. The lowest BCUT2D eigenvalue weighted by molar-refractivity contribution is -0.0860. The molecule has 0 bridgehead atoms. The van der Waals surface area contributed by atoms with Crippen LogP contribution >= 0.6 is 0 Å². The first-order valence-corrected chi connectivity index (χ1v) is 6.33. The van der Waals surface area contributed by atoms with Gasteiger partial charge in [0, 0.05) is 11.0 Å². The third kappa shape index (κ3) is 2.66. The molecule has 1 aliphatic carbocycles. The molecule has 0 aromatic rings. The highest BCUT2D eigenvalue weighted by Gasteiger charge is 2.48. The zero-order valence-corrected chi connectivity index (χ0v) is 11.6. The van der Waals surface area contributed by atoms with E-state index in [0.29, 0.717) is 5.57 Å². The van der Waals surface area contributed by atoms with Crippen LogP contribution in [-0.4, -0.2) is 15.8 Å². The number of aliphatic hydroxyl groups excluding tert-OH is 1. The lowest BCUT2D eigenvalue weighted by Crippen LogP contribution is -2.51. The van der Waals surface area contributed by atoms with Gasteiger partial charge in [-0.05, 0) is 32.6 Å². The van der Waals surface area contributed by atoms with Crippen LogP contribution in [0.2, 0.25) is 0 Å². The zero-order chi connectivity index (χ0) is 13.3. The second kappa shape index (κ2) is 4.74. The Hall–Kier alpha value is -0.940. The van der Waals surface area contributed by atoms with Gasteiger partial charge in [0.25, 0.3) is 0 Å². The van der Waals surface area contributed by atoms with Gasteiger partial charge in [0.1, 0.15) is 11.4 Å². The van der Waals surface area contributed by atoms with Crippen molar-refractivity contribution in [3.05, 3.63) is 11.3 Å². The van der Waals surface area contributed by atoms with Crippen molar-refractivity contribution in [2.75, 3.05) is 0 Å². The van der Waals surface area contributed by atoms with Gasteiger partial charge in [-0.2, -0.15) is 0 Å². The van der Waals surface area contributed by atoms with E-state index in [4.69, 9.17) is 0 Å². The van der Waals surface area contributed by atoms with E-state index in [9.17, 15) is 10.2 Å². The van der Waals surface area contributed by atoms with Crippen molar-refractivity contribution in [1.29, 1.82) is 0 Å². The molecule has 2 N–H and O–H groups in total. The second-order valence-corrected chi connectivity index (χ2v) is 5.90. The van der Waals surface area contributed by atoms with Crippen LogP contribution in [0.15, 0.2) is 11.3 Å². The van der Waals surface area contributed by atoms with Crippen molar-refractivity contribution < 1.29 is 10.2 Å². The van der Waals surface area contributed by atoms with Crippen LogP contribution in [0.5, 0.6) is 0 Å². The van der Waals surface area contributed by atoms with E-state index < -0.39 is 5.60 Å². The summed E-state index contributed by atoms with van der Waals surface area (Å²) in [7, 11) is 0. The Morgan fingerprint density at radius 2 is 1.88 bits per heavy atom. The smallest absolute Gasteiger partial charge is 0.133 e. The molecule has 1 fully saturated rings. The first-order chi connectivity index (χ1) is 7.71. The molecular weight excluding hydrogens is 212 g/mol. The molecule has 1 rings (SSSR count). The number of hydrogen-bond acceptors (Lipinski definition) is 2. The minimum Gasteiger partial charge on any atom is -0.512 e. The molecule has 0 aromatic carbocycles. The Morgan fingerprint density at radius 3 is 2.35 bits per heavy atom. The molecule has 2 heteroatoms. The van der Waals surface area contributed by atoms with E-state index in [1.54, 1.807) is 13.8 Å². The molecule has 17 heavy (non-hydrogen) atoms. The third-order valence-corrected chi connectivity index (χ3v) is 4.17. The van der Waals surface area contributed by atoms with Gasteiger partial charge in [0.2, 0.25) is 0 Å². The van der Waals surface area contributed by atoms with Crippen molar-refractivity contribution in [2.45, 2.75) is 59.5 Å².